The number of anilines is 1. The predicted molar refractivity (Wildman–Crippen MR) is 94.3 cm³/mol. The molecule has 0 heterocycles. The number of ether oxygens (including phenoxy) is 2. The van der Waals surface area contributed by atoms with Gasteiger partial charge in [0.2, 0.25) is 0 Å². The topological polar surface area (TPSA) is 108 Å². The van der Waals surface area contributed by atoms with Gasteiger partial charge in [-0.15, -0.1) is 0 Å². The summed E-state index contributed by atoms with van der Waals surface area (Å²) in [5.41, 5.74) is 1.23. The number of methoxy groups -OCH3 is 1. The lowest BCUT2D eigenvalue weighted by Crippen LogP contribution is -2.30. The molecule has 1 atom stereocenters. The zero-order valence-electron chi connectivity index (χ0n) is 14.5. The molecule has 0 spiro atoms. The lowest BCUT2D eigenvalue weighted by molar-refractivity contribution is -0.386. The molecular weight excluding hydrogens is 340 g/mol. The Labute approximate surface area is 149 Å². The molecule has 0 saturated heterocycles. The number of carbonyl (C=O) groups excluding carboxylic acids is 2. The molecule has 8 heteroatoms. The minimum atomic E-state index is -0.987. The lowest BCUT2D eigenvalue weighted by Gasteiger charge is -2.15. The first-order valence-corrected chi connectivity index (χ1v) is 7.72. The first-order chi connectivity index (χ1) is 12.3. The SMILES string of the molecule is COC(=O)c1ccc(O[C@@H](C)C(=O)Nc2ccc(C)cc2)c([N+](=O)[O-])c1. The van der Waals surface area contributed by atoms with Gasteiger partial charge in [-0.25, -0.2) is 4.79 Å². The molecule has 1 amide bonds. The van der Waals surface area contributed by atoms with Crippen molar-refractivity contribution in [2.75, 3.05) is 12.4 Å². The van der Waals surface area contributed by atoms with E-state index < -0.39 is 28.6 Å². The number of rotatable bonds is 6. The average Bonchev–Trinajstić information content (AvgIpc) is 2.62. The number of benzene rings is 2. The van der Waals surface area contributed by atoms with E-state index in [4.69, 9.17) is 4.74 Å². The van der Waals surface area contributed by atoms with Crippen LogP contribution in [0.2, 0.25) is 0 Å². The third-order valence-corrected chi connectivity index (χ3v) is 3.57. The largest absolute Gasteiger partial charge is 0.474 e. The third kappa shape index (κ3) is 4.56. The van der Waals surface area contributed by atoms with Crippen molar-refractivity contribution < 1.29 is 24.0 Å². The van der Waals surface area contributed by atoms with Gasteiger partial charge in [0, 0.05) is 11.8 Å². The highest BCUT2D eigenvalue weighted by molar-refractivity contribution is 5.94. The minimum Gasteiger partial charge on any atom is -0.474 e. The number of nitro groups is 1. The van der Waals surface area contributed by atoms with Gasteiger partial charge in [-0.3, -0.25) is 14.9 Å². The Bertz CT molecular complexity index is 832. The van der Waals surface area contributed by atoms with Crippen molar-refractivity contribution in [3.05, 3.63) is 63.7 Å². The Morgan fingerprint density at radius 1 is 1.15 bits per heavy atom. The molecule has 2 aromatic carbocycles. The molecule has 0 unspecified atom stereocenters. The molecule has 0 aliphatic carbocycles. The molecule has 0 aliphatic heterocycles. The Morgan fingerprint density at radius 2 is 1.81 bits per heavy atom. The van der Waals surface area contributed by atoms with Crippen LogP contribution in [0.25, 0.3) is 0 Å². The maximum Gasteiger partial charge on any atom is 0.338 e. The highest BCUT2D eigenvalue weighted by atomic mass is 16.6. The van der Waals surface area contributed by atoms with E-state index in [0.29, 0.717) is 5.69 Å². The van der Waals surface area contributed by atoms with E-state index >= 15 is 0 Å². The monoisotopic (exact) mass is 358 g/mol. The van der Waals surface area contributed by atoms with E-state index in [9.17, 15) is 19.7 Å². The van der Waals surface area contributed by atoms with E-state index in [1.54, 1.807) is 12.1 Å². The minimum absolute atomic E-state index is 0.0170. The second-order valence-electron chi connectivity index (χ2n) is 5.55. The van der Waals surface area contributed by atoms with Crippen LogP contribution in [0, 0.1) is 17.0 Å². The summed E-state index contributed by atoms with van der Waals surface area (Å²) >= 11 is 0. The first kappa shape index (κ1) is 18.9. The molecule has 8 nitrogen and oxygen atoms in total. The van der Waals surface area contributed by atoms with Crippen molar-refractivity contribution in [2.24, 2.45) is 0 Å². The molecule has 1 N–H and O–H groups in total. The third-order valence-electron chi connectivity index (χ3n) is 3.57. The number of hydrogen-bond acceptors (Lipinski definition) is 6. The van der Waals surface area contributed by atoms with E-state index in [1.165, 1.54) is 26.2 Å². The lowest BCUT2D eigenvalue weighted by atomic mass is 10.2. The number of nitrogens with zero attached hydrogens (tertiary/aromatic N) is 1. The summed E-state index contributed by atoms with van der Waals surface area (Å²) in [5.74, 6) is -1.28. The fraction of sp³-hybridized carbons (Fsp3) is 0.222. The van der Waals surface area contributed by atoms with Gasteiger partial charge in [0.1, 0.15) is 0 Å². The summed E-state index contributed by atoms with van der Waals surface area (Å²) in [6.45, 7) is 3.40. The summed E-state index contributed by atoms with van der Waals surface area (Å²) in [4.78, 5) is 34.3. The normalized spacial score (nSPS) is 11.3. The molecule has 0 saturated carbocycles. The number of carbonyl (C=O) groups is 2. The van der Waals surface area contributed by atoms with E-state index in [1.807, 2.05) is 19.1 Å². The average molecular weight is 358 g/mol. The molecule has 26 heavy (non-hydrogen) atoms. The fourth-order valence-corrected chi connectivity index (χ4v) is 2.13. The highest BCUT2D eigenvalue weighted by Gasteiger charge is 2.23. The number of amides is 1. The summed E-state index contributed by atoms with van der Waals surface area (Å²) < 4.78 is 9.97. The van der Waals surface area contributed by atoms with Gasteiger partial charge in [0.05, 0.1) is 17.6 Å². The smallest absolute Gasteiger partial charge is 0.338 e. The number of aryl methyl sites for hydroxylation is 1. The van der Waals surface area contributed by atoms with Gasteiger partial charge in [0.25, 0.3) is 5.91 Å². The maximum atomic E-state index is 12.2. The van der Waals surface area contributed by atoms with Crippen LogP contribution in [-0.4, -0.2) is 30.0 Å². The van der Waals surface area contributed by atoms with Crippen LogP contribution >= 0.6 is 0 Å². The summed E-state index contributed by atoms with van der Waals surface area (Å²) in [5, 5.41) is 13.9. The van der Waals surface area contributed by atoms with Crippen LogP contribution in [-0.2, 0) is 9.53 Å². The molecule has 0 fully saturated rings. The van der Waals surface area contributed by atoms with Crippen molar-refractivity contribution in [3.8, 4) is 5.75 Å². The van der Waals surface area contributed by atoms with Crippen molar-refractivity contribution in [2.45, 2.75) is 20.0 Å². The van der Waals surface area contributed by atoms with Gasteiger partial charge < -0.3 is 14.8 Å². The number of hydrogen-bond donors (Lipinski definition) is 1. The summed E-state index contributed by atoms with van der Waals surface area (Å²) in [7, 11) is 1.18. The van der Waals surface area contributed by atoms with Crippen molar-refractivity contribution in [1.82, 2.24) is 0 Å². The number of esters is 1. The predicted octanol–water partition coefficient (Wildman–Crippen LogP) is 3.10. The molecule has 0 aliphatic rings. The van der Waals surface area contributed by atoms with Crippen LogP contribution in [0.1, 0.15) is 22.8 Å². The Morgan fingerprint density at radius 3 is 2.38 bits per heavy atom. The quantitative estimate of drug-likeness (QED) is 0.483. The van der Waals surface area contributed by atoms with Crippen LogP contribution in [0.3, 0.4) is 0 Å². The Balaban J connectivity index is 2.15. The Hall–Kier alpha value is -3.42. The van der Waals surface area contributed by atoms with Gasteiger partial charge in [-0.2, -0.15) is 0 Å². The molecule has 0 radical (unpaired) electrons. The second kappa shape index (κ2) is 8.11. The van der Waals surface area contributed by atoms with Crippen molar-refractivity contribution in [3.63, 3.8) is 0 Å². The fourth-order valence-electron chi connectivity index (χ4n) is 2.13. The molecule has 2 aromatic rings. The molecule has 0 aromatic heterocycles. The molecule has 2 rings (SSSR count). The van der Waals surface area contributed by atoms with Crippen molar-refractivity contribution in [1.29, 1.82) is 0 Å². The van der Waals surface area contributed by atoms with Gasteiger partial charge >= 0.3 is 11.7 Å². The van der Waals surface area contributed by atoms with E-state index in [0.717, 1.165) is 11.6 Å². The second-order valence-corrected chi connectivity index (χ2v) is 5.55. The zero-order chi connectivity index (χ0) is 19.3. The molecule has 0 bridgehead atoms. The van der Waals surface area contributed by atoms with Crippen molar-refractivity contribution >= 4 is 23.3 Å². The van der Waals surface area contributed by atoms with Crippen LogP contribution in [0.15, 0.2) is 42.5 Å². The first-order valence-electron chi connectivity index (χ1n) is 7.72. The van der Waals surface area contributed by atoms with Crippen LogP contribution in [0.5, 0.6) is 5.75 Å². The summed E-state index contributed by atoms with van der Waals surface area (Å²) in [6.07, 6.45) is -0.987. The van der Waals surface area contributed by atoms with Gasteiger partial charge in [-0.05, 0) is 38.1 Å². The maximum absolute atomic E-state index is 12.2. The van der Waals surface area contributed by atoms with Gasteiger partial charge in [-0.1, -0.05) is 17.7 Å². The van der Waals surface area contributed by atoms with Gasteiger partial charge in [0.15, 0.2) is 11.9 Å². The highest BCUT2D eigenvalue weighted by Crippen LogP contribution is 2.29. The summed E-state index contributed by atoms with van der Waals surface area (Å²) in [6, 6.07) is 10.8. The van der Waals surface area contributed by atoms with Crippen LogP contribution < -0.4 is 10.1 Å². The van der Waals surface area contributed by atoms with Crippen LogP contribution in [0.4, 0.5) is 11.4 Å². The molecular formula is C18H18N2O6. The van der Waals surface area contributed by atoms with E-state index in [2.05, 4.69) is 10.1 Å². The Kier molecular flexibility index (Phi) is 5.90. The zero-order valence-corrected chi connectivity index (χ0v) is 14.5. The number of nitrogens with one attached hydrogen (secondary N) is 1. The molecule has 136 valence electrons. The standard InChI is InChI=1S/C18H18N2O6/c1-11-4-7-14(8-5-11)19-17(21)12(2)26-16-9-6-13(18(22)25-3)10-15(16)20(23)24/h4-10,12H,1-3H3,(H,19,21)/t12-/m0/s1. The number of nitro benzene ring substituents is 1. The van der Waals surface area contributed by atoms with E-state index in [-0.39, 0.29) is 11.3 Å².